The number of carbonyl (C=O) groups excluding carboxylic acids is 2. The van der Waals surface area contributed by atoms with Gasteiger partial charge in [-0.1, -0.05) is 0 Å². The summed E-state index contributed by atoms with van der Waals surface area (Å²) in [5.41, 5.74) is 4.20. The Hall–Kier alpha value is -2.75. The van der Waals surface area contributed by atoms with Crippen molar-refractivity contribution in [1.82, 2.24) is 9.88 Å². The molecule has 1 aliphatic heterocycles. The molecule has 148 valence electrons. The third kappa shape index (κ3) is 3.39. The molecule has 2 N–H and O–H groups in total. The predicted octanol–water partition coefficient (Wildman–Crippen LogP) is 3.72. The summed E-state index contributed by atoms with van der Waals surface area (Å²) < 4.78 is 38.7. The van der Waals surface area contributed by atoms with Crippen molar-refractivity contribution in [2.45, 2.75) is 37.0 Å². The van der Waals surface area contributed by atoms with Gasteiger partial charge < -0.3 is 10.6 Å². The second-order valence-electron chi connectivity index (χ2n) is 6.86. The van der Waals surface area contributed by atoms with Gasteiger partial charge in [0.1, 0.15) is 11.4 Å². The normalized spacial score (nSPS) is 16.8. The molecule has 2 aromatic rings. The Labute approximate surface area is 164 Å². The van der Waals surface area contributed by atoms with Gasteiger partial charge in [0.05, 0.1) is 11.3 Å². The number of rotatable bonds is 3. The van der Waals surface area contributed by atoms with Crippen LogP contribution in [0.2, 0.25) is 0 Å². The summed E-state index contributed by atoms with van der Waals surface area (Å²) in [4.78, 5) is 31.8. The number of hydrogen-bond acceptors (Lipinski definition) is 5. The van der Waals surface area contributed by atoms with Crippen LogP contribution in [0, 0.1) is 0 Å². The molecule has 6 nitrogen and oxygen atoms in total. The number of alkyl halides is 3. The van der Waals surface area contributed by atoms with E-state index in [2.05, 4.69) is 17.6 Å². The molecule has 0 aliphatic carbocycles. The van der Waals surface area contributed by atoms with Gasteiger partial charge >= 0.3 is 12.2 Å². The standard InChI is InChI=1S/C18H17F3N4O2S/c1-17(2)15(26)25(12-4-3-11(8-13(12)28)18(19,20)21)16(27)24(17)9-10-5-6-23-14(22)7-10/h3-8,28H,9H2,1-2H3,(H2,22,23). The molecule has 2 heterocycles. The molecule has 1 aliphatic rings. The van der Waals surface area contributed by atoms with Crippen LogP contribution in [-0.4, -0.2) is 27.4 Å². The van der Waals surface area contributed by atoms with Crippen LogP contribution in [0.1, 0.15) is 25.0 Å². The zero-order valence-corrected chi connectivity index (χ0v) is 15.9. The van der Waals surface area contributed by atoms with Crippen LogP contribution in [-0.2, 0) is 17.5 Å². The van der Waals surface area contributed by atoms with Crippen molar-refractivity contribution >= 4 is 36.1 Å². The van der Waals surface area contributed by atoms with Crippen molar-refractivity contribution in [1.29, 1.82) is 0 Å². The summed E-state index contributed by atoms with van der Waals surface area (Å²) in [5.74, 6) is -0.292. The van der Waals surface area contributed by atoms with Crippen LogP contribution in [0.4, 0.5) is 29.5 Å². The van der Waals surface area contributed by atoms with E-state index < -0.39 is 29.2 Å². The van der Waals surface area contributed by atoms with Crippen LogP contribution >= 0.6 is 12.6 Å². The summed E-state index contributed by atoms with van der Waals surface area (Å²) >= 11 is 4.07. The lowest BCUT2D eigenvalue weighted by molar-refractivity contribution is -0.137. The average Bonchev–Trinajstić information content (AvgIpc) is 2.75. The molecule has 0 bridgehead atoms. The Morgan fingerprint density at radius 1 is 1.18 bits per heavy atom. The SMILES string of the molecule is CC1(C)C(=O)N(c2ccc(C(F)(F)F)cc2S)C(=O)N1Cc1ccnc(N)c1. The zero-order chi connectivity index (χ0) is 20.9. The minimum absolute atomic E-state index is 0.00356. The lowest BCUT2D eigenvalue weighted by Crippen LogP contribution is -2.43. The van der Waals surface area contributed by atoms with Crippen molar-refractivity contribution in [3.05, 3.63) is 47.7 Å². The number of imide groups is 1. The van der Waals surface area contributed by atoms with Gasteiger partial charge in [0, 0.05) is 17.6 Å². The van der Waals surface area contributed by atoms with E-state index in [0.717, 1.165) is 23.1 Å². The summed E-state index contributed by atoms with van der Waals surface area (Å²) in [5, 5.41) is 0. The third-order valence-electron chi connectivity index (χ3n) is 4.55. The van der Waals surface area contributed by atoms with E-state index in [-0.39, 0.29) is 22.9 Å². The number of amides is 3. The van der Waals surface area contributed by atoms with Gasteiger partial charge in [0.25, 0.3) is 5.91 Å². The van der Waals surface area contributed by atoms with E-state index in [1.54, 1.807) is 26.0 Å². The first-order valence-electron chi connectivity index (χ1n) is 8.19. The predicted molar refractivity (Wildman–Crippen MR) is 99.8 cm³/mol. The summed E-state index contributed by atoms with van der Waals surface area (Å²) in [7, 11) is 0. The summed E-state index contributed by atoms with van der Waals surface area (Å²) in [6.07, 6.45) is -3.07. The van der Waals surface area contributed by atoms with Gasteiger partial charge in [-0.25, -0.2) is 14.7 Å². The molecule has 0 unspecified atom stereocenters. The molecule has 3 rings (SSSR count). The van der Waals surface area contributed by atoms with E-state index in [9.17, 15) is 22.8 Å². The smallest absolute Gasteiger partial charge is 0.384 e. The van der Waals surface area contributed by atoms with Gasteiger partial charge in [-0.2, -0.15) is 13.2 Å². The second kappa shape index (κ2) is 6.69. The summed E-state index contributed by atoms with van der Waals surface area (Å²) in [6, 6.07) is 5.27. The highest BCUT2D eigenvalue weighted by molar-refractivity contribution is 7.80. The fraction of sp³-hybridized carbons (Fsp3) is 0.278. The van der Waals surface area contributed by atoms with Gasteiger partial charge in [-0.15, -0.1) is 12.6 Å². The van der Waals surface area contributed by atoms with E-state index in [0.29, 0.717) is 5.56 Å². The summed E-state index contributed by atoms with van der Waals surface area (Å²) in [6.45, 7) is 3.23. The number of nitrogens with two attached hydrogens (primary N) is 1. The first-order valence-corrected chi connectivity index (χ1v) is 8.64. The minimum atomic E-state index is -4.55. The molecular formula is C18H17F3N4O2S. The minimum Gasteiger partial charge on any atom is -0.384 e. The number of pyridine rings is 1. The zero-order valence-electron chi connectivity index (χ0n) is 15.0. The first-order chi connectivity index (χ1) is 12.9. The number of urea groups is 1. The Morgan fingerprint density at radius 2 is 1.86 bits per heavy atom. The molecule has 1 aromatic carbocycles. The fourth-order valence-corrected chi connectivity index (χ4v) is 3.29. The number of anilines is 2. The molecule has 1 fully saturated rings. The first kappa shape index (κ1) is 20.0. The number of aromatic nitrogens is 1. The number of benzene rings is 1. The highest BCUT2D eigenvalue weighted by Gasteiger charge is 2.52. The molecule has 0 saturated carbocycles. The van der Waals surface area contributed by atoms with Crippen molar-refractivity contribution in [2.24, 2.45) is 0 Å². The Kier molecular flexibility index (Phi) is 4.78. The molecule has 1 saturated heterocycles. The molecule has 0 atom stereocenters. The van der Waals surface area contributed by atoms with Crippen LogP contribution < -0.4 is 10.6 Å². The topological polar surface area (TPSA) is 79.5 Å². The van der Waals surface area contributed by atoms with Crippen molar-refractivity contribution in [2.75, 3.05) is 10.6 Å². The molecule has 0 radical (unpaired) electrons. The lowest BCUT2D eigenvalue weighted by atomic mass is 10.0. The van der Waals surface area contributed by atoms with Crippen molar-refractivity contribution < 1.29 is 22.8 Å². The maximum absolute atomic E-state index is 13.0. The number of thiol groups is 1. The number of nitrogens with zero attached hydrogens (tertiary/aromatic N) is 3. The monoisotopic (exact) mass is 410 g/mol. The fourth-order valence-electron chi connectivity index (χ4n) is 2.98. The highest BCUT2D eigenvalue weighted by atomic mass is 32.1. The van der Waals surface area contributed by atoms with Crippen LogP contribution in [0.15, 0.2) is 41.4 Å². The van der Waals surface area contributed by atoms with Crippen molar-refractivity contribution in [3.63, 3.8) is 0 Å². The molecule has 10 heteroatoms. The Balaban J connectivity index is 1.98. The average molecular weight is 410 g/mol. The van der Waals surface area contributed by atoms with Gasteiger partial charge in [0.15, 0.2) is 0 Å². The van der Waals surface area contributed by atoms with Gasteiger partial charge in [-0.3, -0.25) is 4.79 Å². The van der Waals surface area contributed by atoms with Crippen LogP contribution in [0.25, 0.3) is 0 Å². The number of nitrogen functional groups attached to an aromatic ring is 1. The Morgan fingerprint density at radius 3 is 2.43 bits per heavy atom. The number of halogens is 3. The number of carbonyl (C=O) groups is 2. The largest absolute Gasteiger partial charge is 0.416 e. The maximum Gasteiger partial charge on any atom is 0.416 e. The molecule has 0 spiro atoms. The van der Waals surface area contributed by atoms with Crippen LogP contribution in [0.5, 0.6) is 0 Å². The third-order valence-corrected chi connectivity index (χ3v) is 4.91. The Bertz CT molecular complexity index is 962. The van der Waals surface area contributed by atoms with Crippen molar-refractivity contribution in [3.8, 4) is 0 Å². The lowest BCUT2D eigenvalue weighted by Gasteiger charge is -2.27. The van der Waals surface area contributed by atoms with E-state index in [1.807, 2.05) is 0 Å². The molecule has 3 amide bonds. The van der Waals surface area contributed by atoms with E-state index >= 15 is 0 Å². The molecule has 28 heavy (non-hydrogen) atoms. The van der Waals surface area contributed by atoms with E-state index in [4.69, 9.17) is 5.73 Å². The second-order valence-corrected chi connectivity index (χ2v) is 7.34. The van der Waals surface area contributed by atoms with Gasteiger partial charge in [0.2, 0.25) is 0 Å². The molecule has 1 aromatic heterocycles. The quantitative estimate of drug-likeness (QED) is 0.597. The van der Waals surface area contributed by atoms with Gasteiger partial charge in [-0.05, 0) is 49.7 Å². The van der Waals surface area contributed by atoms with Crippen LogP contribution in [0.3, 0.4) is 0 Å². The maximum atomic E-state index is 13.0. The highest BCUT2D eigenvalue weighted by Crippen LogP contribution is 2.39. The molecular weight excluding hydrogens is 393 g/mol. The number of hydrogen-bond donors (Lipinski definition) is 2. The van der Waals surface area contributed by atoms with E-state index in [1.165, 1.54) is 11.1 Å².